The van der Waals surface area contributed by atoms with Crippen molar-refractivity contribution < 1.29 is 9.21 Å². The van der Waals surface area contributed by atoms with Gasteiger partial charge in [-0.1, -0.05) is 59.3 Å². The van der Waals surface area contributed by atoms with Crippen molar-refractivity contribution in [2.45, 2.75) is 38.4 Å². The Morgan fingerprint density at radius 3 is 2.62 bits per heavy atom. The van der Waals surface area contributed by atoms with Gasteiger partial charge in [0.25, 0.3) is 5.91 Å². The molecule has 1 aliphatic heterocycles. The molecule has 0 spiro atoms. The Hall–Kier alpha value is -3.65. The fraction of sp³-hybridized carbons (Fsp3) is 0.231. The fourth-order valence-electron chi connectivity index (χ4n) is 4.12. The molecule has 0 aliphatic carbocycles. The Bertz CT molecular complexity index is 1340. The maximum atomic E-state index is 13.3. The molecular formula is C26H25N5O2S. The molecule has 1 aliphatic rings. The lowest BCUT2D eigenvalue weighted by molar-refractivity contribution is -0.130. The van der Waals surface area contributed by atoms with E-state index in [0.717, 1.165) is 28.3 Å². The third-order valence-corrected chi connectivity index (χ3v) is 6.80. The summed E-state index contributed by atoms with van der Waals surface area (Å²) in [4.78, 5) is 13.3. The van der Waals surface area contributed by atoms with E-state index in [0.29, 0.717) is 11.6 Å². The molecule has 0 radical (unpaired) electrons. The Morgan fingerprint density at radius 2 is 1.88 bits per heavy atom. The van der Waals surface area contributed by atoms with Gasteiger partial charge in [-0.15, -0.1) is 10.2 Å². The second kappa shape index (κ2) is 9.30. The van der Waals surface area contributed by atoms with Gasteiger partial charge in [-0.05, 0) is 50.1 Å². The van der Waals surface area contributed by atoms with Crippen LogP contribution in [0.2, 0.25) is 0 Å². The number of benzene rings is 2. The highest BCUT2D eigenvalue weighted by Gasteiger charge is 2.35. The Labute approximate surface area is 202 Å². The predicted octanol–water partition coefficient (Wildman–Crippen LogP) is 5.26. The van der Waals surface area contributed by atoms with Gasteiger partial charge in [0.1, 0.15) is 18.1 Å². The van der Waals surface area contributed by atoms with Crippen LogP contribution in [-0.4, -0.2) is 37.1 Å². The predicted molar refractivity (Wildman–Crippen MR) is 132 cm³/mol. The minimum Gasteiger partial charge on any atom is -0.467 e. The fourth-order valence-corrected chi connectivity index (χ4v) is 4.89. The van der Waals surface area contributed by atoms with E-state index in [4.69, 9.17) is 9.52 Å². The Balaban J connectivity index is 1.37. The third-order valence-electron chi connectivity index (χ3n) is 5.88. The molecule has 0 saturated heterocycles. The van der Waals surface area contributed by atoms with Crippen LogP contribution in [0.4, 0.5) is 0 Å². The number of hydrogen-bond acceptors (Lipinski definition) is 6. The summed E-state index contributed by atoms with van der Waals surface area (Å²) in [5, 5.41) is 15.3. The van der Waals surface area contributed by atoms with Crippen LogP contribution in [0.1, 0.15) is 40.5 Å². The van der Waals surface area contributed by atoms with Crippen LogP contribution in [0, 0.1) is 20.8 Å². The lowest BCUT2D eigenvalue weighted by atomic mass is 10.0. The van der Waals surface area contributed by atoms with Crippen molar-refractivity contribution in [2.24, 2.45) is 5.10 Å². The van der Waals surface area contributed by atoms with Crippen LogP contribution in [0.3, 0.4) is 0 Å². The Kier molecular flexibility index (Phi) is 6.06. The molecular weight excluding hydrogens is 446 g/mol. The zero-order chi connectivity index (χ0) is 23.7. The first-order valence-electron chi connectivity index (χ1n) is 11.1. The van der Waals surface area contributed by atoms with Gasteiger partial charge in [-0.25, -0.2) is 5.01 Å². The van der Waals surface area contributed by atoms with Crippen molar-refractivity contribution in [3.8, 4) is 5.69 Å². The van der Waals surface area contributed by atoms with Gasteiger partial charge < -0.3 is 4.42 Å². The summed E-state index contributed by atoms with van der Waals surface area (Å²) in [7, 11) is 0. The second-order valence-electron chi connectivity index (χ2n) is 8.45. The monoisotopic (exact) mass is 471 g/mol. The van der Waals surface area contributed by atoms with Gasteiger partial charge in [0.2, 0.25) is 0 Å². The van der Waals surface area contributed by atoms with Crippen molar-refractivity contribution in [1.29, 1.82) is 0 Å². The van der Waals surface area contributed by atoms with Crippen molar-refractivity contribution in [3.63, 3.8) is 0 Å². The summed E-state index contributed by atoms with van der Waals surface area (Å²) in [5.41, 5.74) is 6.39. The van der Waals surface area contributed by atoms with E-state index in [1.165, 1.54) is 22.9 Å². The quantitative estimate of drug-likeness (QED) is 0.359. The topological polar surface area (TPSA) is 76.5 Å². The highest BCUT2D eigenvalue weighted by atomic mass is 32.2. The lowest BCUT2D eigenvalue weighted by Crippen LogP contribution is -2.28. The Morgan fingerprint density at radius 1 is 1.09 bits per heavy atom. The molecule has 172 valence electrons. The van der Waals surface area contributed by atoms with Crippen LogP contribution in [-0.2, 0) is 4.79 Å². The number of amides is 1. The van der Waals surface area contributed by atoms with E-state index in [1.54, 1.807) is 17.6 Å². The molecule has 0 fully saturated rings. The molecule has 8 heteroatoms. The van der Waals surface area contributed by atoms with Crippen molar-refractivity contribution >= 4 is 23.4 Å². The summed E-state index contributed by atoms with van der Waals surface area (Å²) in [5.74, 6) is 0.803. The highest BCUT2D eigenvalue weighted by molar-refractivity contribution is 7.99. The molecule has 1 unspecified atom stereocenters. The number of hydrogen-bond donors (Lipinski definition) is 0. The number of thioether (sulfide) groups is 1. The molecule has 34 heavy (non-hydrogen) atoms. The van der Waals surface area contributed by atoms with Gasteiger partial charge in [0.15, 0.2) is 5.16 Å². The summed E-state index contributed by atoms with van der Waals surface area (Å²) in [6.45, 7) is 6.17. The van der Waals surface area contributed by atoms with Gasteiger partial charge in [0.05, 0.1) is 23.4 Å². The maximum Gasteiger partial charge on any atom is 0.253 e. The van der Waals surface area contributed by atoms with E-state index in [2.05, 4.69) is 55.2 Å². The van der Waals surface area contributed by atoms with Gasteiger partial charge >= 0.3 is 0 Å². The SMILES string of the molecule is Cc1ccc(C2=NN(C(=O)CSc3nncn3-c3ccc(C)cc3C)C(c3ccco3)C2)cc1. The summed E-state index contributed by atoms with van der Waals surface area (Å²) in [6, 6.07) is 17.9. The van der Waals surface area contributed by atoms with E-state index in [1.807, 2.05) is 34.9 Å². The number of furan rings is 1. The number of hydrazone groups is 1. The number of aryl methyl sites for hydroxylation is 3. The second-order valence-corrected chi connectivity index (χ2v) is 9.39. The number of aromatic nitrogens is 3. The summed E-state index contributed by atoms with van der Waals surface area (Å²) in [6.07, 6.45) is 3.91. The highest BCUT2D eigenvalue weighted by Crippen LogP contribution is 2.34. The van der Waals surface area contributed by atoms with Crippen LogP contribution >= 0.6 is 11.8 Å². The van der Waals surface area contributed by atoms with Gasteiger partial charge in [-0.2, -0.15) is 5.10 Å². The van der Waals surface area contributed by atoms with Crippen LogP contribution < -0.4 is 0 Å². The molecule has 2 aromatic heterocycles. The minimum atomic E-state index is -0.267. The smallest absolute Gasteiger partial charge is 0.253 e. The largest absolute Gasteiger partial charge is 0.467 e. The molecule has 5 rings (SSSR count). The molecule has 0 N–H and O–H groups in total. The van der Waals surface area contributed by atoms with Crippen molar-refractivity contribution in [3.05, 3.63) is 95.2 Å². The minimum absolute atomic E-state index is 0.108. The molecule has 0 saturated carbocycles. The normalized spacial score (nSPS) is 15.6. The van der Waals surface area contributed by atoms with Crippen LogP contribution in [0.5, 0.6) is 0 Å². The third kappa shape index (κ3) is 4.41. The molecule has 1 atom stereocenters. The molecule has 3 heterocycles. The van der Waals surface area contributed by atoms with E-state index in [9.17, 15) is 4.79 Å². The zero-order valence-electron chi connectivity index (χ0n) is 19.3. The van der Waals surface area contributed by atoms with Crippen LogP contribution in [0.15, 0.2) is 81.9 Å². The standard InChI is InChI=1S/C26H25N5O2S/c1-17-6-9-20(10-7-17)21-14-23(24-5-4-12-33-24)31(29-21)25(32)15-34-26-28-27-16-30(26)22-11-8-18(2)13-19(22)3/h4-13,16,23H,14-15H2,1-3H3. The summed E-state index contributed by atoms with van der Waals surface area (Å²) >= 11 is 1.35. The van der Waals surface area contributed by atoms with Crippen LogP contribution in [0.25, 0.3) is 5.69 Å². The van der Waals surface area contributed by atoms with Gasteiger partial charge in [0, 0.05) is 6.42 Å². The first-order valence-corrected chi connectivity index (χ1v) is 12.1. The first kappa shape index (κ1) is 22.2. The van der Waals surface area contributed by atoms with E-state index < -0.39 is 0 Å². The van der Waals surface area contributed by atoms with Gasteiger partial charge in [-0.3, -0.25) is 9.36 Å². The molecule has 2 aromatic carbocycles. The first-order chi connectivity index (χ1) is 16.5. The molecule has 4 aromatic rings. The number of nitrogens with zero attached hydrogens (tertiary/aromatic N) is 5. The van der Waals surface area contributed by atoms with E-state index >= 15 is 0 Å². The zero-order valence-corrected chi connectivity index (χ0v) is 20.1. The molecule has 0 bridgehead atoms. The summed E-state index contributed by atoms with van der Waals surface area (Å²) < 4.78 is 7.57. The maximum absolute atomic E-state index is 13.3. The van der Waals surface area contributed by atoms with Crippen molar-refractivity contribution in [2.75, 3.05) is 5.75 Å². The number of carbonyl (C=O) groups is 1. The number of carbonyl (C=O) groups excluding carboxylic acids is 1. The van der Waals surface area contributed by atoms with E-state index in [-0.39, 0.29) is 17.7 Å². The lowest BCUT2D eigenvalue weighted by Gasteiger charge is -2.19. The molecule has 7 nitrogen and oxygen atoms in total. The average molecular weight is 472 g/mol. The average Bonchev–Trinajstić information content (AvgIpc) is 3.58. The number of rotatable bonds is 6. The van der Waals surface area contributed by atoms with Crippen molar-refractivity contribution in [1.82, 2.24) is 19.8 Å². The molecule has 1 amide bonds.